The third-order valence-corrected chi connectivity index (χ3v) is 4.56. The van der Waals surface area contributed by atoms with Crippen molar-refractivity contribution in [2.24, 2.45) is 5.73 Å². The molecular formula is C11H12N4O3S. The first-order valence-corrected chi connectivity index (χ1v) is 7.04. The molecule has 19 heavy (non-hydrogen) atoms. The first kappa shape index (κ1) is 12.0. The Kier molecular flexibility index (Phi) is 2.51. The number of hydrogen-bond donors (Lipinski definition) is 2. The number of sulfonamides is 1. The van der Waals surface area contributed by atoms with E-state index in [0.29, 0.717) is 16.9 Å². The number of furan rings is 1. The van der Waals surface area contributed by atoms with Crippen molar-refractivity contribution in [1.29, 1.82) is 0 Å². The van der Waals surface area contributed by atoms with E-state index >= 15 is 0 Å². The van der Waals surface area contributed by atoms with Crippen LogP contribution in [0.1, 0.15) is 12.5 Å². The Bertz CT molecular complexity index is 728. The molecule has 0 unspecified atom stereocenters. The predicted octanol–water partition coefficient (Wildman–Crippen LogP) is 0.900. The fourth-order valence-corrected chi connectivity index (χ4v) is 3.66. The highest BCUT2D eigenvalue weighted by molar-refractivity contribution is 7.93. The number of nitrogens with one attached hydrogen (secondary N) is 1. The molecule has 3 rings (SSSR count). The second kappa shape index (κ2) is 3.97. The molecule has 0 bridgehead atoms. The highest BCUT2D eigenvalue weighted by Gasteiger charge is 2.38. The molecule has 3 heterocycles. The van der Waals surface area contributed by atoms with Crippen LogP contribution in [0.25, 0.3) is 6.08 Å². The molecule has 0 saturated heterocycles. The fourth-order valence-electron chi connectivity index (χ4n) is 2.02. The van der Waals surface area contributed by atoms with Gasteiger partial charge in [-0.1, -0.05) is 0 Å². The van der Waals surface area contributed by atoms with E-state index in [1.807, 2.05) is 0 Å². The van der Waals surface area contributed by atoms with E-state index in [2.05, 4.69) is 10.2 Å². The van der Waals surface area contributed by atoms with Crippen LogP contribution in [0.3, 0.4) is 0 Å². The van der Waals surface area contributed by atoms with Gasteiger partial charge in [-0.05, 0) is 19.1 Å². The van der Waals surface area contributed by atoms with Gasteiger partial charge in [0.25, 0.3) is 0 Å². The van der Waals surface area contributed by atoms with Crippen molar-refractivity contribution in [1.82, 2.24) is 10.2 Å². The van der Waals surface area contributed by atoms with Gasteiger partial charge >= 0.3 is 10.0 Å². The summed E-state index contributed by atoms with van der Waals surface area (Å²) in [7, 11) is -3.80. The van der Waals surface area contributed by atoms with Gasteiger partial charge in [-0.25, -0.2) is 4.31 Å². The molecule has 1 atom stereocenters. The molecule has 0 amide bonds. The van der Waals surface area contributed by atoms with Crippen LogP contribution in [-0.2, 0) is 10.0 Å². The lowest BCUT2D eigenvalue weighted by molar-refractivity contribution is 0.447. The zero-order valence-corrected chi connectivity index (χ0v) is 10.9. The Morgan fingerprint density at radius 3 is 2.95 bits per heavy atom. The summed E-state index contributed by atoms with van der Waals surface area (Å²) in [5.41, 5.74) is 7.24. The summed E-state index contributed by atoms with van der Waals surface area (Å²) in [5.74, 6) is 0. The summed E-state index contributed by atoms with van der Waals surface area (Å²) < 4.78 is 31.4. The minimum Gasteiger partial charge on any atom is -0.451 e. The number of aromatic amines is 1. The molecule has 2 aromatic heterocycles. The molecule has 1 aliphatic rings. The lowest BCUT2D eigenvalue weighted by Gasteiger charge is -2.29. The van der Waals surface area contributed by atoms with E-state index in [-0.39, 0.29) is 5.09 Å². The van der Waals surface area contributed by atoms with Gasteiger partial charge in [-0.3, -0.25) is 5.10 Å². The number of aromatic nitrogens is 2. The SMILES string of the molecule is C[C@H](N)C1=Cc2ccoc2S(=O)(=O)N1c1cn[nH]c1. The molecule has 7 nitrogen and oxygen atoms in total. The summed E-state index contributed by atoms with van der Waals surface area (Å²) in [6.07, 6.45) is 5.96. The van der Waals surface area contributed by atoms with Crippen molar-refractivity contribution >= 4 is 21.8 Å². The molecule has 1 aliphatic heterocycles. The number of nitrogens with zero attached hydrogens (tertiary/aromatic N) is 2. The third-order valence-electron chi connectivity index (χ3n) is 2.86. The largest absolute Gasteiger partial charge is 0.451 e. The van der Waals surface area contributed by atoms with E-state index in [4.69, 9.17) is 10.2 Å². The Morgan fingerprint density at radius 2 is 2.32 bits per heavy atom. The number of hydrogen-bond acceptors (Lipinski definition) is 5. The third kappa shape index (κ3) is 1.68. The van der Waals surface area contributed by atoms with Gasteiger partial charge < -0.3 is 10.2 Å². The van der Waals surface area contributed by atoms with Crippen LogP contribution in [0, 0.1) is 0 Å². The van der Waals surface area contributed by atoms with Crippen molar-refractivity contribution < 1.29 is 12.8 Å². The summed E-state index contributed by atoms with van der Waals surface area (Å²) in [4.78, 5) is 0. The lowest BCUT2D eigenvalue weighted by atomic mass is 10.2. The van der Waals surface area contributed by atoms with E-state index in [1.54, 1.807) is 19.1 Å². The van der Waals surface area contributed by atoms with Crippen LogP contribution >= 0.6 is 0 Å². The number of anilines is 1. The highest BCUT2D eigenvalue weighted by Crippen LogP contribution is 2.36. The summed E-state index contributed by atoms with van der Waals surface area (Å²) in [6.45, 7) is 1.72. The quantitative estimate of drug-likeness (QED) is 0.850. The topological polar surface area (TPSA) is 105 Å². The molecule has 8 heteroatoms. The standard InChI is InChI=1S/C11H12N4O3S/c1-7(12)10-4-8-2-3-18-11(8)19(16,17)15(10)9-5-13-14-6-9/h2-7H,12H2,1H3,(H,13,14)/t7-/m0/s1. The smallest absolute Gasteiger partial charge is 0.302 e. The molecule has 0 aliphatic carbocycles. The van der Waals surface area contributed by atoms with Gasteiger partial charge in [0.1, 0.15) is 0 Å². The molecule has 0 spiro atoms. The Hall–Kier alpha value is -2.06. The monoisotopic (exact) mass is 280 g/mol. The van der Waals surface area contributed by atoms with Gasteiger partial charge in [0.15, 0.2) is 0 Å². The molecule has 3 N–H and O–H groups in total. The van der Waals surface area contributed by atoms with E-state index in [9.17, 15) is 8.42 Å². The molecule has 100 valence electrons. The Balaban J connectivity index is 2.27. The van der Waals surface area contributed by atoms with Crippen LogP contribution in [-0.4, -0.2) is 24.7 Å². The normalized spacial score (nSPS) is 18.8. The predicted molar refractivity (Wildman–Crippen MR) is 68.6 cm³/mol. The van der Waals surface area contributed by atoms with Crippen molar-refractivity contribution in [3.63, 3.8) is 0 Å². The van der Waals surface area contributed by atoms with Crippen molar-refractivity contribution in [3.05, 3.63) is 36.0 Å². The molecule has 0 radical (unpaired) electrons. The second-order valence-electron chi connectivity index (χ2n) is 4.25. The average Bonchev–Trinajstić information content (AvgIpc) is 2.96. The molecular weight excluding hydrogens is 268 g/mol. The summed E-state index contributed by atoms with van der Waals surface area (Å²) in [6, 6.07) is 1.15. The highest BCUT2D eigenvalue weighted by atomic mass is 32.2. The Labute approximate surface area is 109 Å². The number of rotatable bonds is 2. The van der Waals surface area contributed by atoms with Gasteiger partial charge in [0.05, 0.1) is 23.8 Å². The summed E-state index contributed by atoms with van der Waals surface area (Å²) in [5, 5.41) is 6.27. The van der Waals surface area contributed by atoms with Crippen LogP contribution < -0.4 is 10.0 Å². The maximum absolute atomic E-state index is 12.6. The number of nitrogens with two attached hydrogens (primary N) is 1. The Morgan fingerprint density at radius 1 is 1.53 bits per heavy atom. The first-order chi connectivity index (χ1) is 9.01. The van der Waals surface area contributed by atoms with Crippen LogP contribution in [0.15, 0.2) is 39.9 Å². The second-order valence-corrected chi connectivity index (χ2v) is 5.93. The molecule has 0 aromatic carbocycles. The summed E-state index contributed by atoms with van der Waals surface area (Å²) >= 11 is 0. The van der Waals surface area contributed by atoms with Crippen LogP contribution in [0.5, 0.6) is 0 Å². The zero-order chi connectivity index (χ0) is 13.6. The van der Waals surface area contributed by atoms with Gasteiger partial charge in [0, 0.05) is 17.8 Å². The van der Waals surface area contributed by atoms with Crippen molar-refractivity contribution in [2.75, 3.05) is 4.31 Å². The minimum atomic E-state index is -3.80. The minimum absolute atomic E-state index is 0.0851. The van der Waals surface area contributed by atoms with Gasteiger partial charge in [-0.15, -0.1) is 0 Å². The zero-order valence-electron chi connectivity index (χ0n) is 10.1. The van der Waals surface area contributed by atoms with Crippen LogP contribution in [0.4, 0.5) is 5.69 Å². The fraction of sp³-hybridized carbons (Fsp3) is 0.182. The maximum Gasteiger partial charge on any atom is 0.302 e. The maximum atomic E-state index is 12.6. The van der Waals surface area contributed by atoms with E-state index in [0.717, 1.165) is 4.31 Å². The van der Waals surface area contributed by atoms with Crippen LogP contribution in [0.2, 0.25) is 0 Å². The van der Waals surface area contributed by atoms with Crippen molar-refractivity contribution in [2.45, 2.75) is 18.1 Å². The molecule has 0 saturated carbocycles. The average molecular weight is 280 g/mol. The number of fused-ring (bicyclic) bond motifs is 1. The molecule has 0 fully saturated rings. The van der Waals surface area contributed by atoms with E-state index in [1.165, 1.54) is 18.7 Å². The lowest BCUT2D eigenvalue weighted by Crippen LogP contribution is -2.39. The van der Waals surface area contributed by atoms with Gasteiger partial charge in [0.2, 0.25) is 5.09 Å². The van der Waals surface area contributed by atoms with Crippen molar-refractivity contribution in [3.8, 4) is 0 Å². The van der Waals surface area contributed by atoms with E-state index < -0.39 is 16.1 Å². The number of H-pyrrole nitrogens is 1. The van der Waals surface area contributed by atoms with Gasteiger partial charge in [-0.2, -0.15) is 13.5 Å². The molecule has 2 aromatic rings. The first-order valence-electron chi connectivity index (χ1n) is 5.60.